The molecule has 0 aliphatic rings. The summed E-state index contributed by atoms with van der Waals surface area (Å²) in [6.07, 6.45) is 1.43. The Kier molecular flexibility index (Phi) is 5.71. The summed E-state index contributed by atoms with van der Waals surface area (Å²) >= 11 is 6.75. The highest BCUT2D eigenvalue weighted by molar-refractivity contribution is 9.10. The second-order valence-electron chi connectivity index (χ2n) is 5.31. The van der Waals surface area contributed by atoms with E-state index in [4.69, 9.17) is 4.42 Å². The van der Waals surface area contributed by atoms with Gasteiger partial charge in [0, 0.05) is 20.6 Å². The van der Waals surface area contributed by atoms with E-state index in [0.717, 1.165) is 14.5 Å². The molecule has 0 aliphatic heterocycles. The van der Waals surface area contributed by atoms with Gasteiger partial charge in [-0.05, 0) is 52.3 Å². The molecule has 0 aliphatic carbocycles. The number of rotatable bonds is 4. The van der Waals surface area contributed by atoms with Crippen LogP contribution in [0.1, 0.15) is 5.76 Å². The summed E-state index contributed by atoms with van der Waals surface area (Å²) in [7, 11) is 0. The lowest BCUT2D eigenvalue weighted by atomic mass is 10.2. The first-order chi connectivity index (χ1) is 12.6. The van der Waals surface area contributed by atoms with Crippen molar-refractivity contribution in [2.75, 3.05) is 5.32 Å². The maximum atomic E-state index is 12.3. The van der Waals surface area contributed by atoms with E-state index in [1.807, 2.05) is 42.5 Å². The zero-order valence-electron chi connectivity index (χ0n) is 13.4. The Balaban J connectivity index is 1.81. The molecule has 1 aromatic heterocycles. The number of furan rings is 1. The van der Waals surface area contributed by atoms with Gasteiger partial charge in [-0.25, -0.2) is 0 Å². The van der Waals surface area contributed by atoms with E-state index in [2.05, 4.69) is 37.2 Å². The van der Waals surface area contributed by atoms with E-state index in [0.29, 0.717) is 17.2 Å². The molecule has 0 saturated heterocycles. The Morgan fingerprint density at radius 3 is 2.46 bits per heavy atom. The molecule has 0 atom stereocenters. The predicted octanol–water partition coefficient (Wildman–Crippen LogP) is 6.02. The topological polar surface area (TPSA) is 66.0 Å². The monoisotopic (exact) mass is 470 g/mol. The average molecular weight is 472 g/mol. The van der Waals surface area contributed by atoms with Crippen LogP contribution in [0.5, 0.6) is 0 Å². The molecule has 1 N–H and O–H groups in total. The van der Waals surface area contributed by atoms with Gasteiger partial charge in [0.15, 0.2) is 0 Å². The van der Waals surface area contributed by atoms with E-state index in [9.17, 15) is 10.1 Å². The van der Waals surface area contributed by atoms with Crippen LogP contribution in [0.2, 0.25) is 0 Å². The van der Waals surface area contributed by atoms with E-state index in [1.165, 1.54) is 6.08 Å². The molecular weight excluding hydrogens is 460 g/mol. The lowest BCUT2D eigenvalue weighted by Crippen LogP contribution is -2.13. The first-order valence-electron chi connectivity index (χ1n) is 7.60. The van der Waals surface area contributed by atoms with Gasteiger partial charge in [0.05, 0.1) is 5.69 Å². The summed E-state index contributed by atoms with van der Waals surface area (Å²) in [4.78, 5) is 12.3. The minimum absolute atomic E-state index is 0.0440. The normalized spacial score (nSPS) is 11.0. The fourth-order valence-corrected chi connectivity index (χ4v) is 2.89. The second kappa shape index (κ2) is 8.17. The van der Waals surface area contributed by atoms with Crippen LogP contribution in [0.3, 0.4) is 0 Å². The van der Waals surface area contributed by atoms with Gasteiger partial charge in [-0.3, -0.25) is 4.79 Å². The number of anilines is 1. The molecule has 0 saturated carbocycles. The number of hydrogen-bond donors (Lipinski definition) is 1. The minimum atomic E-state index is -0.499. The fraction of sp³-hybridized carbons (Fsp3) is 0. The van der Waals surface area contributed by atoms with Crippen LogP contribution < -0.4 is 5.32 Å². The molecule has 0 fully saturated rings. The second-order valence-corrected chi connectivity index (χ2v) is 7.08. The molecule has 3 aromatic rings. The van der Waals surface area contributed by atoms with Crippen molar-refractivity contribution < 1.29 is 9.21 Å². The molecule has 3 rings (SSSR count). The number of para-hydroxylation sites is 1. The van der Waals surface area contributed by atoms with Crippen molar-refractivity contribution >= 4 is 49.5 Å². The SMILES string of the molecule is N#C/C(=C\c1ccc(-c2ccc(Br)cc2)o1)C(=O)Nc1ccccc1Br. The minimum Gasteiger partial charge on any atom is -0.457 e. The summed E-state index contributed by atoms with van der Waals surface area (Å²) in [5.74, 6) is 0.593. The van der Waals surface area contributed by atoms with Crippen LogP contribution >= 0.6 is 31.9 Å². The third kappa shape index (κ3) is 4.31. The number of carbonyl (C=O) groups is 1. The molecule has 26 heavy (non-hydrogen) atoms. The molecule has 0 bridgehead atoms. The number of nitrogens with zero attached hydrogens (tertiary/aromatic N) is 1. The van der Waals surface area contributed by atoms with E-state index < -0.39 is 5.91 Å². The Labute approximate surface area is 167 Å². The van der Waals surface area contributed by atoms with Crippen LogP contribution in [0.25, 0.3) is 17.4 Å². The van der Waals surface area contributed by atoms with Gasteiger partial charge in [-0.2, -0.15) is 5.26 Å². The number of benzene rings is 2. The fourth-order valence-electron chi connectivity index (χ4n) is 2.24. The maximum Gasteiger partial charge on any atom is 0.266 e. The third-order valence-corrected chi connectivity index (χ3v) is 4.75. The molecule has 0 radical (unpaired) electrons. The predicted molar refractivity (Wildman–Crippen MR) is 108 cm³/mol. The van der Waals surface area contributed by atoms with Crippen LogP contribution in [-0.2, 0) is 4.79 Å². The maximum absolute atomic E-state index is 12.3. The largest absolute Gasteiger partial charge is 0.457 e. The molecule has 1 heterocycles. The summed E-state index contributed by atoms with van der Waals surface area (Å²) in [5, 5.41) is 12.0. The van der Waals surface area contributed by atoms with Crippen molar-refractivity contribution in [1.82, 2.24) is 0 Å². The molecule has 1 amide bonds. The lowest BCUT2D eigenvalue weighted by molar-refractivity contribution is -0.112. The zero-order chi connectivity index (χ0) is 18.5. The average Bonchev–Trinajstić information content (AvgIpc) is 3.10. The Morgan fingerprint density at radius 2 is 1.77 bits per heavy atom. The summed E-state index contributed by atoms with van der Waals surface area (Å²) in [6, 6.07) is 20.3. The van der Waals surface area contributed by atoms with E-state index in [1.54, 1.807) is 24.3 Å². The van der Waals surface area contributed by atoms with Crippen LogP contribution in [0.4, 0.5) is 5.69 Å². The van der Waals surface area contributed by atoms with Crippen molar-refractivity contribution in [1.29, 1.82) is 5.26 Å². The van der Waals surface area contributed by atoms with Crippen molar-refractivity contribution in [2.24, 2.45) is 0 Å². The van der Waals surface area contributed by atoms with Crippen molar-refractivity contribution in [3.8, 4) is 17.4 Å². The number of halogens is 2. The third-order valence-electron chi connectivity index (χ3n) is 3.53. The highest BCUT2D eigenvalue weighted by Gasteiger charge is 2.12. The Morgan fingerprint density at radius 1 is 1.04 bits per heavy atom. The lowest BCUT2D eigenvalue weighted by Gasteiger charge is -2.05. The van der Waals surface area contributed by atoms with Crippen LogP contribution in [-0.4, -0.2) is 5.91 Å². The standard InChI is InChI=1S/C20H12Br2N2O2/c21-15-7-5-13(6-8-15)19-10-9-16(26-19)11-14(12-23)20(25)24-18-4-2-1-3-17(18)22/h1-11H,(H,24,25)/b14-11+. The zero-order valence-corrected chi connectivity index (χ0v) is 16.5. The van der Waals surface area contributed by atoms with E-state index in [-0.39, 0.29) is 5.57 Å². The van der Waals surface area contributed by atoms with Gasteiger partial charge in [0.1, 0.15) is 23.2 Å². The summed E-state index contributed by atoms with van der Waals surface area (Å²) in [5.41, 5.74) is 1.45. The van der Waals surface area contributed by atoms with Crippen LogP contribution in [0, 0.1) is 11.3 Å². The molecule has 0 spiro atoms. The summed E-state index contributed by atoms with van der Waals surface area (Å²) in [6.45, 7) is 0. The molecule has 2 aromatic carbocycles. The number of hydrogen-bond acceptors (Lipinski definition) is 3. The highest BCUT2D eigenvalue weighted by Crippen LogP contribution is 2.26. The van der Waals surface area contributed by atoms with Gasteiger partial charge in [0.2, 0.25) is 0 Å². The van der Waals surface area contributed by atoms with Crippen molar-refractivity contribution in [2.45, 2.75) is 0 Å². The molecular formula is C20H12Br2N2O2. The quantitative estimate of drug-likeness (QED) is 0.373. The Bertz CT molecular complexity index is 1010. The summed E-state index contributed by atoms with van der Waals surface area (Å²) < 4.78 is 7.45. The smallest absolute Gasteiger partial charge is 0.266 e. The van der Waals surface area contributed by atoms with E-state index >= 15 is 0 Å². The molecule has 0 unspecified atom stereocenters. The first-order valence-corrected chi connectivity index (χ1v) is 9.19. The number of nitriles is 1. The van der Waals surface area contributed by atoms with Gasteiger partial charge < -0.3 is 9.73 Å². The van der Waals surface area contributed by atoms with Gasteiger partial charge in [-0.1, -0.05) is 40.2 Å². The number of nitrogens with one attached hydrogen (secondary N) is 1. The first kappa shape index (κ1) is 18.2. The molecule has 6 heteroatoms. The number of carbonyl (C=O) groups excluding carboxylic acids is 1. The van der Waals surface area contributed by atoms with Crippen LogP contribution in [0.15, 0.2) is 79.6 Å². The van der Waals surface area contributed by atoms with Gasteiger partial charge >= 0.3 is 0 Å². The number of amides is 1. The van der Waals surface area contributed by atoms with Gasteiger partial charge in [0.25, 0.3) is 5.91 Å². The van der Waals surface area contributed by atoms with Crippen molar-refractivity contribution in [3.05, 3.63) is 80.9 Å². The van der Waals surface area contributed by atoms with Gasteiger partial charge in [-0.15, -0.1) is 0 Å². The highest BCUT2D eigenvalue weighted by atomic mass is 79.9. The van der Waals surface area contributed by atoms with Crippen molar-refractivity contribution in [3.63, 3.8) is 0 Å². The molecule has 128 valence electrons. The molecule has 4 nitrogen and oxygen atoms in total. The Hall–Kier alpha value is -2.62.